The first-order chi connectivity index (χ1) is 9.79. The van der Waals surface area contributed by atoms with E-state index >= 15 is 0 Å². The van der Waals surface area contributed by atoms with Gasteiger partial charge in [-0.2, -0.15) is 0 Å². The molecule has 1 aliphatic carbocycles. The van der Waals surface area contributed by atoms with Crippen molar-refractivity contribution in [3.63, 3.8) is 0 Å². The summed E-state index contributed by atoms with van der Waals surface area (Å²) in [5, 5.41) is 10.1. The van der Waals surface area contributed by atoms with Gasteiger partial charge in [-0.25, -0.2) is 0 Å². The van der Waals surface area contributed by atoms with Gasteiger partial charge in [0.1, 0.15) is 11.5 Å². The van der Waals surface area contributed by atoms with E-state index in [9.17, 15) is 5.11 Å². The molecule has 0 amide bonds. The summed E-state index contributed by atoms with van der Waals surface area (Å²) in [7, 11) is 1.67. The first-order valence-corrected chi connectivity index (χ1v) is 7.24. The van der Waals surface area contributed by atoms with Crippen molar-refractivity contribution in [3.8, 4) is 11.5 Å². The fourth-order valence-corrected chi connectivity index (χ4v) is 3.13. The molecule has 1 atom stereocenters. The summed E-state index contributed by atoms with van der Waals surface area (Å²) in [5.41, 5.74) is 3.57. The molecule has 1 unspecified atom stereocenters. The second-order valence-electron chi connectivity index (χ2n) is 5.43. The molecule has 0 aromatic heterocycles. The molecule has 0 saturated heterocycles. The summed E-state index contributed by atoms with van der Waals surface area (Å²) in [5.74, 6) is 1.51. The van der Waals surface area contributed by atoms with E-state index in [1.165, 1.54) is 17.5 Å². The molecule has 20 heavy (non-hydrogen) atoms. The molecule has 2 aromatic rings. The molecule has 3 rings (SSSR count). The first kappa shape index (κ1) is 13.0. The summed E-state index contributed by atoms with van der Waals surface area (Å²) in [6.45, 7) is 0. The van der Waals surface area contributed by atoms with E-state index in [0.717, 1.165) is 30.6 Å². The monoisotopic (exact) mass is 268 g/mol. The lowest BCUT2D eigenvalue weighted by Gasteiger charge is -2.24. The molecule has 0 fully saturated rings. The van der Waals surface area contributed by atoms with Gasteiger partial charge < -0.3 is 9.84 Å². The molecule has 2 nitrogen and oxygen atoms in total. The lowest BCUT2D eigenvalue weighted by Crippen LogP contribution is -2.07. The Hall–Kier alpha value is -1.96. The average Bonchev–Trinajstić information content (AvgIpc) is 2.46. The van der Waals surface area contributed by atoms with Gasteiger partial charge in [0.25, 0.3) is 0 Å². The molecule has 104 valence electrons. The minimum atomic E-state index is 0.353. The number of fused-ring (bicyclic) bond motifs is 2. The van der Waals surface area contributed by atoms with E-state index < -0.39 is 0 Å². The topological polar surface area (TPSA) is 29.5 Å². The van der Waals surface area contributed by atoms with Crippen LogP contribution >= 0.6 is 0 Å². The van der Waals surface area contributed by atoms with E-state index in [1.54, 1.807) is 13.2 Å². The molecule has 1 aliphatic rings. The number of methoxy groups -OCH3 is 1. The van der Waals surface area contributed by atoms with Gasteiger partial charge in [-0.1, -0.05) is 36.8 Å². The van der Waals surface area contributed by atoms with Crippen LogP contribution in [0.3, 0.4) is 0 Å². The van der Waals surface area contributed by atoms with Gasteiger partial charge in [-0.05, 0) is 36.5 Å². The summed E-state index contributed by atoms with van der Waals surface area (Å²) in [4.78, 5) is 0. The largest absolute Gasteiger partial charge is 0.508 e. The Labute approximate surface area is 120 Å². The maximum atomic E-state index is 10.1. The van der Waals surface area contributed by atoms with Crippen LogP contribution in [-0.2, 0) is 6.42 Å². The van der Waals surface area contributed by atoms with Crippen LogP contribution in [0.1, 0.15) is 41.9 Å². The number of aromatic hydroxyl groups is 1. The smallest absolute Gasteiger partial charge is 0.126 e. The Morgan fingerprint density at radius 3 is 2.65 bits per heavy atom. The highest BCUT2D eigenvalue weighted by atomic mass is 16.5. The Morgan fingerprint density at radius 1 is 1.10 bits per heavy atom. The van der Waals surface area contributed by atoms with Crippen molar-refractivity contribution in [1.29, 1.82) is 0 Å². The molecule has 0 heterocycles. The highest BCUT2D eigenvalue weighted by molar-refractivity contribution is 5.50. The van der Waals surface area contributed by atoms with Crippen LogP contribution < -0.4 is 4.74 Å². The van der Waals surface area contributed by atoms with Crippen LogP contribution in [0.15, 0.2) is 42.5 Å². The maximum absolute atomic E-state index is 10.1. The van der Waals surface area contributed by atoms with Crippen molar-refractivity contribution in [3.05, 3.63) is 59.2 Å². The highest BCUT2D eigenvalue weighted by Crippen LogP contribution is 2.41. The highest BCUT2D eigenvalue weighted by Gasteiger charge is 2.22. The molecular formula is C18H20O2. The van der Waals surface area contributed by atoms with Gasteiger partial charge in [-0.3, -0.25) is 0 Å². The van der Waals surface area contributed by atoms with Crippen molar-refractivity contribution < 1.29 is 9.84 Å². The SMILES string of the molecule is COc1cc(O)c2cc1C(c1ccccc1)CCCC2. The fraction of sp³-hybridized carbons (Fsp3) is 0.333. The summed E-state index contributed by atoms with van der Waals surface area (Å²) in [6.07, 6.45) is 4.38. The third-order valence-corrected chi connectivity index (χ3v) is 4.20. The number of hydrogen-bond donors (Lipinski definition) is 1. The van der Waals surface area contributed by atoms with Gasteiger partial charge in [-0.15, -0.1) is 0 Å². The van der Waals surface area contributed by atoms with Crippen LogP contribution in [-0.4, -0.2) is 12.2 Å². The minimum absolute atomic E-state index is 0.353. The third kappa shape index (κ3) is 2.38. The molecule has 0 aliphatic heterocycles. The molecule has 2 aromatic carbocycles. The number of hydrogen-bond acceptors (Lipinski definition) is 2. The van der Waals surface area contributed by atoms with Crippen molar-refractivity contribution in [1.82, 2.24) is 0 Å². The summed E-state index contributed by atoms with van der Waals surface area (Å²) < 4.78 is 5.49. The number of phenolic OH excluding ortho intramolecular Hbond substituents is 1. The van der Waals surface area contributed by atoms with Gasteiger partial charge in [0.2, 0.25) is 0 Å². The number of rotatable bonds is 2. The quantitative estimate of drug-likeness (QED) is 0.882. The van der Waals surface area contributed by atoms with Crippen LogP contribution in [0.2, 0.25) is 0 Å². The molecule has 2 heteroatoms. The summed E-state index contributed by atoms with van der Waals surface area (Å²) >= 11 is 0. The lowest BCUT2D eigenvalue weighted by molar-refractivity contribution is 0.395. The first-order valence-electron chi connectivity index (χ1n) is 7.24. The van der Waals surface area contributed by atoms with Crippen LogP contribution in [0.5, 0.6) is 11.5 Å². The molecule has 0 saturated carbocycles. The zero-order valence-electron chi connectivity index (χ0n) is 11.8. The number of phenols is 1. The molecular weight excluding hydrogens is 248 g/mol. The van der Waals surface area contributed by atoms with E-state index in [-0.39, 0.29) is 0 Å². The summed E-state index contributed by atoms with van der Waals surface area (Å²) in [6, 6.07) is 14.5. The predicted molar refractivity (Wildman–Crippen MR) is 80.5 cm³/mol. The van der Waals surface area contributed by atoms with Crippen LogP contribution in [0.25, 0.3) is 0 Å². The Morgan fingerprint density at radius 2 is 1.90 bits per heavy atom. The lowest BCUT2D eigenvalue weighted by atomic mass is 9.83. The Kier molecular flexibility index (Phi) is 3.64. The van der Waals surface area contributed by atoms with E-state index in [4.69, 9.17) is 4.74 Å². The van der Waals surface area contributed by atoms with E-state index in [0.29, 0.717) is 11.7 Å². The molecule has 0 radical (unpaired) electrons. The van der Waals surface area contributed by atoms with E-state index in [1.807, 2.05) is 6.07 Å². The Bertz CT molecular complexity index is 590. The van der Waals surface area contributed by atoms with Crippen molar-refractivity contribution in [2.45, 2.75) is 31.6 Å². The van der Waals surface area contributed by atoms with Crippen molar-refractivity contribution >= 4 is 0 Å². The van der Waals surface area contributed by atoms with Crippen LogP contribution in [0.4, 0.5) is 0 Å². The van der Waals surface area contributed by atoms with Crippen LogP contribution in [0, 0.1) is 0 Å². The van der Waals surface area contributed by atoms with Gasteiger partial charge in [0.15, 0.2) is 0 Å². The second kappa shape index (κ2) is 5.58. The maximum Gasteiger partial charge on any atom is 0.126 e. The number of ether oxygens (including phenoxy) is 1. The normalized spacial score (nSPS) is 18.1. The predicted octanol–water partition coefficient (Wildman–Crippen LogP) is 4.26. The second-order valence-corrected chi connectivity index (χ2v) is 5.43. The number of aryl methyl sites for hydroxylation is 1. The fourth-order valence-electron chi connectivity index (χ4n) is 3.13. The average molecular weight is 268 g/mol. The minimum Gasteiger partial charge on any atom is -0.508 e. The molecule has 0 spiro atoms. The zero-order chi connectivity index (χ0) is 13.9. The van der Waals surface area contributed by atoms with Crippen molar-refractivity contribution in [2.24, 2.45) is 0 Å². The zero-order valence-corrected chi connectivity index (χ0v) is 11.8. The Balaban J connectivity index is 2.13. The van der Waals surface area contributed by atoms with Gasteiger partial charge >= 0.3 is 0 Å². The molecule has 1 N–H and O–H groups in total. The van der Waals surface area contributed by atoms with Gasteiger partial charge in [0, 0.05) is 17.5 Å². The standard InChI is InChI=1S/C18H20O2/c1-20-18-12-17(19)14-9-5-6-10-15(16(18)11-14)13-7-3-2-4-8-13/h2-4,7-8,11-12,15,19H,5-6,9-10H2,1H3. The number of benzene rings is 2. The van der Waals surface area contributed by atoms with Gasteiger partial charge in [0.05, 0.1) is 7.11 Å². The molecule has 2 bridgehead atoms. The van der Waals surface area contributed by atoms with E-state index in [2.05, 4.69) is 30.3 Å². The third-order valence-electron chi connectivity index (χ3n) is 4.20. The van der Waals surface area contributed by atoms with Crippen molar-refractivity contribution in [2.75, 3.05) is 7.11 Å².